The zero-order valence-corrected chi connectivity index (χ0v) is 16.3. The zero-order valence-electron chi connectivity index (χ0n) is 15.5. The second-order valence-corrected chi connectivity index (χ2v) is 7.07. The maximum absolute atomic E-state index is 5.26. The molecule has 0 amide bonds. The number of aliphatic imine (C=N–C) groups is 1. The molecule has 1 aromatic carbocycles. The average Bonchev–Trinajstić information content (AvgIpc) is 3.10. The highest BCUT2D eigenvalue weighted by Gasteiger charge is 2.06. The molecule has 0 aliphatic carbocycles. The van der Waals surface area contributed by atoms with Crippen LogP contribution in [0.4, 0.5) is 0 Å². The van der Waals surface area contributed by atoms with Crippen LogP contribution in [0, 0.1) is 0 Å². The fourth-order valence-corrected chi connectivity index (χ4v) is 3.27. The van der Waals surface area contributed by atoms with E-state index in [-0.39, 0.29) is 0 Å². The van der Waals surface area contributed by atoms with Crippen LogP contribution in [-0.4, -0.2) is 31.6 Å². The van der Waals surface area contributed by atoms with E-state index in [0.29, 0.717) is 12.5 Å². The fourth-order valence-electron chi connectivity index (χ4n) is 2.38. The second-order valence-electron chi connectivity index (χ2n) is 6.13. The van der Waals surface area contributed by atoms with Gasteiger partial charge in [-0.1, -0.05) is 26.0 Å². The first-order valence-electron chi connectivity index (χ1n) is 8.64. The number of nitrogens with one attached hydrogen (secondary N) is 2. The third-order valence-corrected chi connectivity index (χ3v) is 4.73. The van der Waals surface area contributed by atoms with Crippen LogP contribution in [0.3, 0.4) is 0 Å². The molecule has 2 N–H and O–H groups in total. The SMILES string of the molecule is CN=C(NCCCc1cccc(OC)c1)NCc1nc(C(C)C)cs1. The predicted molar refractivity (Wildman–Crippen MR) is 106 cm³/mol. The molecule has 136 valence electrons. The van der Waals surface area contributed by atoms with Crippen molar-refractivity contribution < 1.29 is 4.74 Å². The third-order valence-electron chi connectivity index (χ3n) is 3.86. The van der Waals surface area contributed by atoms with Crippen LogP contribution in [0.25, 0.3) is 0 Å². The van der Waals surface area contributed by atoms with Crippen molar-refractivity contribution in [1.29, 1.82) is 0 Å². The molecule has 0 aliphatic rings. The summed E-state index contributed by atoms with van der Waals surface area (Å²) in [6.45, 7) is 5.89. The summed E-state index contributed by atoms with van der Waals surface area (Å²) >= 11 is 1.69. The highest BCUT2D eigenvalue weighted by atomic mass is 32.1. The van der Waals surface area contributed by atoms with Gasteiger partial charge in [0.25, 0.3) is 0 Å². The molecule has 5 nitrogen and oxygen atoms in total. The van der Waals surface area contributed by atoms with Crippen molar-refractivity contribution in [2.75, 3.05) is 20.7 Å². The monoisotopic (exact) mass is 360 g/mol. The number of nitrogens with zero attached hydrogens (tertiary/aromatic N) is 2. The van der Waals surface area contributed by atoms with Crippen LogP contribution < -0.4 is 15.4 Å². The van der Waals surface area contributed by atoms with Gasteiger partial charge in [0.1, 0.15) is 10.8 Å². The molecule has 1 aromatic heterocycles. The van der Waals surface area contributed by atoms with Gasteiger partial charge in [-0.15, -0.1) is 11.3 Å². The lowest BCUT2D eigenvalue weighted by atomic mass is 10.1. The Hall–Kier alpha value is -2.08. The molecule has 0 aliphatic heterocycles. The van der Waals surface area contributed by atoms with Crippen LogP contribution >= 0.6 is 11.3 Å². The van der Waals surface area contributed by atoms with E-state index < -0.39 is 0 Å². The van der Waals surface area contributed by atoms with E-state index >= 15 is 0 Å². The van der Waals surface area contributed by atoms with E-state index in [2.05, 4.69) is 52.0 Å². The number of guanidine groups is 1. The van der Waals surface area contributed by atoms with E-state index in [1.807, 2.05) is 12.1 Å². The van der Waals surface area contributed by atoms with Crippen LogP contribution in [0.5, 0.6) is 5.75 Å². The molecule has 1 heterocycles. The number of hydrogen-bond donors (Lipinski definition) is 2. The first-order chi connectivity index (χ1) is 12.1. The van der Waals surface area contributed by atoms with Crippen molar-refractivity contribution in [1.82, 2.24) is 15.6 Å². The van der Waals surface area contributed by atoms with Crippen molar-refractivity contribution >= 4 is 17.3 Å². The molecular formula is C19H28N4OS. The smallest absolute Gasteiger partial charge is 0.191 e. The van der Waals surface area contributed by atoms with Gasteiger partial charge in [0.05, 0.1) is 19.3 Å². The Labute approximate surface area is 154 Å². The van der Waals surface area contributed by atoms with Crippen molar-refractivity contribution in [2.24, 2.45) is 4.99 Å². The van der Waals surface area contributed by atoms with Crippen LogP contribution in [-0.2, 0) is 13.0 Å². The summed E-state index contributed by atoms with van der Waals surface area (Å²) in [4.78, 5) is 8.90. The number of benzene rings is 1. The van der Waals surface area contributed by atoms with Gasteiger partial charge in [-0.3, -0.25) is 4.99 Å². The predicted octanol–water partition coefficient (Wildman–Crippen LogP) is 3.57. The van der Waals surface area contributed by atoms with Crippen molar-refractivity contribution in [3.8, 4) is 5.75 Å². The van der Waals surface area contributed by atoms with Gasteiger partial charge in [0, 0.05) is 19.0 Å². The minimum Gasteiger partial charge on any atom is -0.497 e. The standard InChI is InChI=1S/C19H28N4OS/c1-14(2)17-13-25-18(23-17)12-22-19(20-3)21-10-6-8-15-7-5-9-16(11-15)24-4/h5,7,9,11,13-14H,6,8,10,12H2,1-4H3,(H2,20,21,22). The number of ether oxygens (including phenoxy) is 1. The largest absolute Gasteiger partial charge is 0.497 e. The first kappa shape index (κ1) is 19.2. The second kappa shape index (κ2) is 10.0. The molecule has 6 heteroatoms. The van der Waals surface area contributed by atoms with Crippen LogP contribution in [0.15, 0.2) is 34.6 Å². The van der Waals surface area contributed by atoms with Gasteiger partial charge in [0.2, 0.25) is 0 Å². The van der Waals surface area contributed by atoms with Crippen molar-refractivity contribution in [3.05, 3.63) is 45.9 Å². The Kier molecular flexibility index (Phi) is 7.73. The van der Waals surface area contributed by atoms with Crippen LogP contribution in [0.1, 0.15) is 42.5 Å². The molecule has 0 unspecified atom stereocenters. The van der Waals surface area contributed by atoms with Gasteiger partial charge in [-0.05, 0) is 36.5 Å². The van der Waals surface area contributed by atoms with Gasteiger partial charge >= 0.3 is 0 Å². The summed E-state index contributed by atoms with van der Waals surface area (Å²) in [5.74, 6) is 2.19. The van der Waals surface area contributed by atoms with E-state index in [9.17, 15) is 0 Å². The first-order valence-corrected chi connectivity index (χ1v) is 9.52. The molecule has 0 fully saturated rings. The molecule has 0 bridgehead atoms. The van der Waals surface area contributed by atoms with Gasteiger partial charge in [0.15, 0.2) is 5.96 Å². The minimum atomic E-state index is 0.471. The Morgan fingerprint density at radius 1 is 1.32 bits per heavy atom. The Morgan fingerprint density at radius 2 is 2.16 bits per heavy atom. The normalized spacial score (nSPS) is 11.6. The van der Waals surface area contributed by atoms with Crippen molar-refractivity contribution in [2.45, 2.75) is 39.2 Å². The summed E-state index contributed by atoms with van der Waals surface area (Å²) in [5, 5.41) is 9.89. The van der Waals surface area contributed by atoms with Gasteiger partial charge in [-0.2, -0.15) is 0 Å². The maximum Gasteiger partial charge on any atom is 0.191 e. The average molecular weight is 361 g/mol. The summed E-state index contributed by atoms with van der Waals surface area (Å²) in [6, 6.07) is 8.21. The Balaban J connectivity index is 1.71. The number of aromatic nitrogens is 1. The molecular weight excluding hydrogens is 332 g/mol. The molecule has 0 saturated heterocycles. The van der Waals surface area contributed by atoms with Gasteiger partial charge in [-0.25, -0.2) is 4.98 Å². The quantitative estimate of drug-likeness (QED) is 0.429. The van der Waals surface area contributed by atoms with Gasteiger partial charge < -0.3 is 15.4 Å². The lowest BCUT2D eigenvalue weighted by Crippen LogP contribution is -2.37. The minimum absolute atomic E-state index is 0.471. The number of thiazole rings is 1. The maximum atomic E-state index is 5.26. The number of methoxy groups -OCH3 is 1. The number of rotatable bonds is 8. The summed E-state index contributed by atoms with van der Waals surface area (Å²) in [7, 11) is 3.49. The van der Waals surface area contributed by atoms with Crippen LogP contribution in [0.2, 0.25) is 0 Å². The zero-order chi connectivity index (χ0) is 18.1. The number of hydrogen-bond acceptors (Lipinski definition) is 4. The van der Waals surface area contributed by atoms with E-state index in [4.69, 9.17) is 4.74 Å². The summed E-state index contributed by atoms with van der Waals surface area (Å²) in [5.41, 5.74) is 2.44. The number of aryl methyl sites for hydroxylation is 1. The third kappa shape index (κ3) is 6.38. The summed E-state index contributed by atoms with van der Waals surface area (Å²) in [6.07, 6.45) is 2.04. The topological polar surface area (TPSA) is 58.5 Å². The van der Waals surface area contributed by atoms with E-state index in [0.717, 1.165) is 41.8 Å². The van der Waals surface area contributed by atoms with Crippen molar-refractivity contribution in [3.63, 3.8) is 0 Å². The molecule has 2 rings (SSSR count). The highest BCUT2D eigenvalue weighted by molar-refractivity contribution is 7.09. The molecule has 0 saturated carbocycles. The molecule has 0 atom stereocenters. The fraction of sp³-hybridized carbons (Fsp3) is 0.474. The molecule has 0 spiro atoms. The Morgan fingerprint density at radius 3 is 2.84 bits per heavy atom. The molecule has 0 radical (unpaired) electrons. The van der Waals surface area contributed by atoms with E-state index in [1.165, 1.54) is 5.56 Å². The lowest BCUT2D eigenvalue weighted by Gasteiger charge is -2.11. The van der Waals surface area contributed by atoms with E-state index in [1.54, 1.807) is 25.5 Å². The lowest BCUT2D eigenvalue weighted by molar-refractivity contribution is 0.414. The summed E-state index contributed by atoms with van der Waals surface area (Å²) < 4.78 is 5.26. The molecule has 2 aromatic rings. The molecule has 25 heavy (non-hydrogen) atoms. The highest BCUT2D eigenvalue weighted by Crippen LogP contribution is 2.17. The Bertz CT molecular complexity index is 682.